The van der Waals surface area contributed by atoms with Gasteiger partial charge in [-0.05, 0) is 44.9 Å². The van der Waals surface area contributed by atoms with E-state index in [2.05, 4.69) is 38.2 Å². The zero-order chi connectivity index (χ0) is 39.6. The van der Waals surface area contributed by atoms with Gasteiger partial charge in [0.25, 0.3) is 0 Å². The Balaban J connectivity index is 4.15. The summed E-state index contributed by atoms with van der Waals surface area (Å²) in [6.45, 7) is 3.52. The number of phosphoric acid groups is 1. The van der Waals surface area contributed by atoms with Gasteiger partial charge in [-0.25, -0.2) is 4.57 Å². The number of hydrogen-bond donors (Lipinski definition) is 3. The van der Waals surface area contributed by atoms with Gasteiger partial charge in [-0.15, -0.1) is 0 Å². The predicted molar refractivity (Wildman–Crippen MR) is 224 cm³/mol. The Morgan fingerprint density at radius 1 is 0.574 bits per heavy atom. The number of ether oxygens (including phenoxy) is 2. The number of aliphatic hydroxyl groups excluding tert-OH is 2. The Morgan fingerprint density at radius 2 is 1.00 bits per heavy atom. The highest BCUT2D eigenvalue weighted by Gasteiger charge is 2.26. The third kappa shape index (κ3) is 40.6. The minimum absolute atomic E-state index is 0.0503. The van der Waals surface area contributed by atoms with Crippen LogP contribution in [0, 0.1) is 0 Å². The summed E-state index contributed by atoms with van der Waals surface area (Å²) in [5.74, 6) is -0.387. The summed E-state index contributed by atoms with van der Waals surface area (Å²) >= 11 is 0. The van der Waals surface area contributed by atoms with Crippen LogP contribution in [0.5, 0.6) is 0 Å². The molecule has 0 saturated heterocycles. The Labute approximate surface area is 332 Å². The highest BCUT2D eigenvalue weighted by Crippen LogP contribution is 2.43. The quantitative estimate of drug-likeness (QED) is 0.0239. The summed E-state index contributed by atoms with van der Waals surface area (Å²) in [6.07, 6.45) is 42.7. The lowest BCUT2D eigenvalue weighted by Gasteiger charge is -2.20. The average Bonchev–Trinajstić information content (AvgIpc) is 3.16. The summed E-state index contributed by atoms with van der Waals surface area (Å²) in [6, 6.07) is 0. The lowest BCUT2D eigenvalue weighted by Crippen LogP contribution is -2.29. The van der Waals surface area contributed by atoms with Crippen molar-refractivity contribution in [2.75, 3.05) is 33.0 Å². The maximum Gasteiger partial charge on any atom is 0.472 e. The normalized spacial score (nSPS) is 14.2. The van der Waals surface area contributed by atoms with Gasteiger partial charge >= 0.3 is 13.8 Å². The van der Waals surface area contributed by atoms with Crippen molar-refractivity contribution in [3.63, 3.8) is 0 Å². The molecule has 3 N–H and O–H groups in total. The van der Waals surface area contributed by atoms with Crippen molar-refractivity contribution < 1.29 is 43.0 Å². The number of unbranched alkanes of at least 4 members (excludes halogenated alkanes) is 25. The fraction of sp³-hybridized carbons (Fsp3) is 0.886. The maximum absolute atomic E-state index is 12.6. The second-order valence-corrected chi connectivity index (χ2v) is 16.5. The van der Waals surface area contributed by atoms with E-state index in [9.17, 15) is 19.4 Å². The van der Waals surface area contributed by atoms with E-state index < -0.39 is 33.2 Å². The van der Waals surface area contributed by atoms with E-state index in [-0.39, 0.29) is 25.6 Å². The molecule has 0 aliphatic carbocycles. The topological polar surface area (TPSA) is 132 Å². The smallest absolute Gasteiger partial charge is 0.457 e. The highest BCUT2D eigenvalue weighted by atomic mass is 31.2. The van der Waals surface area contributed by atoms with Gasteiger partial charge in [0.15, 0.2) is 0 Å². The monoisotopic (exact) mass is 789 g/mol. The summed E-state index contributed by atoms with van der Waals surface area (Å²) < 4.78 is 33.4. The van der Waals surface area contributed by atoms with Crippen molar-refractivity contribution in [1.29, 1.82) is 0 Å². The van der Waals surface area contributed by atoms with Crippen LogP contribution in [-0.4, -0.2) is 66.3 Å². The first kappa shape index (κ1) is 52.9. The summed E-state index contributed by atoms with van der Waals surface area (Å²) in [4.78, 5) is 22.6. The van der Waals surface area contributed by atoms with Crippen LogP contribution in [0.2, 0.25) is 0 Å². The van der Waals surface area contributed by atoms with E-state index in [1.807, 2.05) is 0 Å². The van der Waals surface area contributed by atoms with Crippen LogP contribution in [0.15, 0.2) is 24.3 Å². The molecule has 0 heterocycles. The SMILES string of the molecule is CCCCC/C=C\C/C=C\CCCCCCCCCC(=O)OC(COCCCCCCCCCCCCCCCCCC)COP(=O)(O)OCC(O)CO. The van der Waals surface area contributed by atoms with E-state index in [1.54, 1.807) is 0 Å². The largest absolute Gasteiger partial charge is 0.472 e. The molecule has 3 unspecified atom stereocenters. The lowest BCUT2D eigenvalue weighted by molar-refractivity contribution is -0.154. The van der Waals surface area contributed by atoms with Crippen LogP contribution in [-0.2, 0) is 27.9 Å². The fourth-order valence-corrected chi connectivity index (χ4v) is 7.00. The Kier molecular flexibility index (Phi) is 40.8. The average molecular weight is 789 g/mol. The molecule has 9 nitrogen and oxygen atoms in total. The molecule has 0 amide bonds. The molecule has 0 aliphatic heterocycles. The molecular weight excluding hydrogens is 703 g/mol. The summed E-state index contributed by atoms with van der Waals surface area (Å²) in [5, 5.41) is 18.3. The van der Waals surface area contributed by atoms with Crippen LogP contribution >= 0.6 is 7.82 Å². The second-order valence-electron chi connectivity index (χ2n) is 15.1. The Bertz CT molecular complexity index is 897. The van der Waals surface area contributed by atoms with Gasteiger partial charge in [0.1, 0.15) is 12.2 Å². The molecule has 0 bridgehead atoms. The van der Waals surface area contributed by atoms with Crippen LogP contribution < -0.4 is 0 Å². The first-order valence-corrected chi connectivity index (χ1v) is 23.8. The molecular formula is C44H85O9P. The molecule has 0 radical (unpaired) electrons. The number of phosphoric ester groups is 1. The summed E-state index contributed by atoms with van der Waals surface area (Å²) in [7, 11) is -4.52. The zero-order valence-corrected chi connectivity index (χ0v) is 35.8. The molecule has 0 rings (SSSR count). The van der Waals surface area contributed by atoms with Gasteiger partial charge in [-0.3, -0.25) is 13.8 Å². The van der Waals surface area contributed by atoms with Gasteiger partial charge in [-0.2, -0.15) is 0 Å². The van der Waals surface area contributed by atoms with Crippen molar-refractivity contribution in [3.8, 4) is 0 Å². The molecule has 0 saturated carbocycles. The highest BCUT2D eigenvalue weighted by molar-refractivity contribution is 7.47. The number of carbonyl (C=O) groups excluding carboxylic acids is 1. The third-order valence-electron chi connectivity index (χ3n) is 9.64. The van der Waals surface area contributed by atoms with Crippen LogP contribution in [0.3, 0.4) is 0 Å². The molecule has 3 atom stereocenters. The molecule has 0 aromatic carbocycles. The maximum atomic E-state index is 12.6. The molecule has 0 aromatic rings. The third-order valence-corrected chi connectivity index (χ3v) is 10.6. The van der Waals surface area contributed by atoms with E-state index >= 15 is 0 Å². The summed E-state index contributed by atoms with van der Waals surface area (Å²) in [5.41, 5.74) is 0. The van der Waals surface area contributed by atoms with E-state index in [0.717, 1.165) is 51.4 Å². The van der Waals surface area contributed by atoms with Gasteiger partial charge in [0.2, 0.25) is 0 Å². The standard InChI is InChI=1S/C44H85O9P/c1-3-5-7-9-11-13-15-17-19-21-22-24-26-28-30-32-34-36-44(47)53-43(41-52-54(48,49)51-39-42(46)38-45)40-50-37-35-33-31-29-27-25-23-20-18-16-14-12-10-8-6-4-2/h11,13,17,19,42-43,45-46H,3-10,12,14-16,18,20-41H2,1-2H3,(H,48,49)/b13-11-,19-17-. The van der Waals surface area contributed by atoms with E-state index in [4.69, 9.17) is 23.6 Å². The number of hydrogen-bond acceptors (Lipinski definition) is 8. The minimum Gasteiger partial charge on any atom is -0.457 e. The molecule has 54 heavy (non-hydrogen) atoms. The van der Waals surface area contributed by atoms with Crippen molar-refractivity contribution in [2.24, 2.45) is 0 Å². The number of esters is 1. The van der Waals surface area contributed by atoms with Crippen LogP contribution in [0.4, 0.5) is 0 Å². The number of allylic oxidation sites excluding steroid dienone is 4. The number of aliphatic hydroxyl groups is 2. The van der Waals surface area contributed by atoms with Crippen molar-refractivity contribution >= 4 is 13.8 Å². The van der Waals surface area contributed by atoms with Crippen molar-refractivity contribution in [3.05, 3.63) is 24.3 Å². The molecule has 0 aliphatic rings. The molecule has 10 heteroatoms. The molecule has 0 aromatic heterocycles. The minimum atomic E-state index is -4.52. The molecule has 0 spiro atoms. The Hall–Kier alpha value is -1.06. The van der Waals surface area contributed by atoms with Crippen molar-refractivity contribution in [2.45, 2.75) is 219 Å². The number of carbonyl (C=O) groups is 1. The molecule has 320 valence electrons. The first-order valence-electron chi connectivity index (χ1n) is 22.3. The predicted octanol–water partition coefficient (Wildman–Crippen LogP) is 12.3. The van der Waals surface area contributed by atoms with Crippen LogP contribution in [0.25, 0.3) is 0 Å². The number of rotatable bonds is 43. The fourth-order valence-electron chi connectivity index (χ4n) is 6.21. The van der Waals surface area contributed by atoms with Gasteiger partial charge < -0.3 is 24.6 Å². The lowest BCUT2D eigenvalue weighted by atomic mass is 10.0. The Morgan fingerprint density at radius 3 is 1.52 bits per heavy atom. The van der Waals surface area contributed by atoms with Gasteiger partial charge in [0.05, 0.1) is 26.4 Å². The molecule has 0 fully saturated rings. The van der Waals surface area contributed by atoms with Gasteiger partial charge in [0, 0.05) is 13.0 Å². The second kappa shape index (κ2) is 41.6. The first-order chi connectivity index (χ1) is 26.3. The zero-order valence-electron chi connectivity index (χ0n) is 35.0. The van der Waals surface area contributed by atoms with E-state index in [1.165, 1.54) is 135 Å². The van der Waals surface area contributed by atoms with Crippen LogP contribution in [0.1, 0.15) is 206 Å². The van der Waals surface area contributed by atoms with Crippen molar-refractivity contribution in [1.82, 2.24) is 0 Å². The van der Waals surface area contributed by atoms with Gasteiger partial charge in [-0.1, -0.05) is 179 Å². The van der Waals surface area contributed by atoms with E-state index in [0.29, 0.717) is 6.61 Å².